The van der Waals surface area contributed by atoms with Gasteiger partial charge in [0.25, 0.3) is 0 Å². The molecule has 0 N–H and O–H groups in total. The molecule has 23 aromatic rings. The first-order chi connectivity index (χ1) is 66.3. The third-order valence-electron chi connectivity index (χ3n) is 25.6. The van der Waals surface area contributed by atoms with E-state index in [1.54, 1.807) is 18.3 Å². The SMILES string of the molecule is CC(C)(C)c1c(-c2ccccc2)cccc1-c1cccc2c1sc1ccccc12.CC(C)(C)c1c(-c2ccccc2)cccc1-c1cccc2sc3ccccc3c12.CC(C)(C)c1ccccc1-c1cccc2c1sc1ccccc12.CC(C)(C)c1ccccc1-c1cccc2sc3ccccc3c12.[2H]c1c([2H])c(C)c([2H])c(-c2cccc(-c3cccc4c3sc3ccccc34)c2C(C)(C)C)c1[2H]. The zero-order chi connectivity index (χ0) is 96.4. The minimum absolute atomic E-state index is 0.0236. The summed E-state index contributed by atoms with van der Waals surface area (Å²) < 4.78 is 47.3. The van der Waals surface area contributed by atoms with Gasteiger partial charge in [-0.25, -0.2) is 0 Å². The maximum absolute atomic E-state index is 8.77. The van der Waals surface area contributed by atoms with Crippen molar-refractivity contribution in [3.05, 3.63) is 434 Å². The van der Waals surface area contributed by atoms with E-state index in [0.29, 0.717) is 11.1 Å². The van der Waals surface area contributed by atoms with Crippen LogP contribution in [-0.2, 0) is 27.1 Å². The van der Waals surface area contributed by atoms with E-state index in [1.807, 2.05) is 57.5 Å². The standard InChI is InChI=1S/C29H26S.2C28H24S.2C22H20S/c1-19-10-7-11-20(18-19)21-13-8-14-23(27(21)29(2,3)4)25-16-9-15-24-22-12-5-6-17-26(22)30-28(24)25;1-28(2,3)27-20(19-11-5-4-6-12-19)14-9-16-22(27)21-15-10-18-25-26(21)23-13-7-8-17-24(23)29-25;1-28(2,3)26-20(19-11-5-4-6-12-19)14-9-15-22(26)24-17-10-16-23-21-13-7-8-18-25(21)29-27(23)24;1-22(2,3)19-13-6-4-9-15(19)17-11-8-12-18-16-10-5-7-14-20(16)23-21(17)18;1-22(2,3)18-12-6-4-9-15(18)16-11-8-14-20-21(16)17-10-5-7-13-19(17)23-20/h5-18H,1-4H3;2*4-18H,1-3H3;2*4-14H,1-3H3/i7D,10D,11D,18D;;;;. The van der Waals surface area contributed by atoms with Crippen molar-refractivity contribution in [3.8, 4) is 89.0 Å². The zero-order valence-corrected chi connectivity index (χ0v) is 83.4. The first kappa shape index (κ1) is 85.3. The summed E-state index contributed by atoms with van der Waals surface area (Å²) in [5.41, 5.74) is 26.6. The van der Waals surface area contributed by atoms with Gasteiger partial charge in [-0.15, -0.1) is 56.7 Å². The molecule has 660 valence electrons. The maximum Gasteiger partial charge on any atom is 0.0632 e. The van der Waals surface area contributed by atoms with Gasteiger partial charge in [-0.3, -0.25) is 0 Å². The fourth-order valence-corrected chi connectivity index (χ4v) is 25.8. The van der Waals surface area contributed by atoms with Gasteiger partial charge < -0.3 is 0 Å². The molecule has 0 unspecified atom stereocenters. The largest absolute Gasteiger partial charge is 0.135 e. The second-order valence-corrected chi connectivity index (χ2v) is 45.5. The number of fused-ring (bicyclic) bond motifs is 15. The van der Waals surface area contributed by atoms with Crippen LogP contribution < -0.4 is 0 Å². The molecular formula is C129H114S5. The second kappa shape index (κ2) is 37.1. The summed E-state index contributed by atoms with van der Waals surface area (Å²) in [6, 6.07) is 136. The molecule has 5 heteroatoms. The second-order valence-electron chi connectivity index (χ2n) is 40.2. The van der Waals surface area contributed by atoms with Crippen LogP contribution in [-0.4, -0.2) is 0 Å². The molecule has 0 aliphatic carbocycles. The highest BCUT2D eigenvalue weighted by atomic mass is 32.1. The summed E-state index contributed by atoms with van der Waals surface area (Å²) in [4.78, 5) is 0. The quantitative estimate of drug-likeness (QED) is 0.142. The number of rotatable bonds is 8. The fourth-order valence-electron chi connectivity index (χ4n) is 19.9. The zero-order valence-electron chi connectivity index (χ0n) is 83.3. The average Bonchev–Trinajstić information content (AvgIpc) is 1.33. The molecule has 134 heavy (non-hydrogen) atoms. The molecule has 0 aliphatic rings. The Morgan fingerprint density at radius 2 is 0.433 bits per heavy atom. The van der Waals surface area contributed by atoms with Crippen LogP contribution in [0, 0.1) is 6.92 Å². The van der Waals surface area contributed by atoms with E-state index >= 15 is 0 Å². The van der Waals surface area contributed by atoms with E-state index in [9.17, 15) is 0 Å². The van der Waals surface area contributed by atoms with Gasteiger partial charge in [0.1, 0.15) is 0 Å². The molecule has 0 radical (unpaired) electrons. The lowest BCUT2D eigenvalue weighted by molar-refractivity contribution is 0.592. The van der Waals surface area contributed by atoms with Crippen LogP contribution in [0.4, 0.5) is 0 Å². The Hall–Kier alpha value is -12.9. The van der Waals surface area contributed by atoms with Crippen LogP contribution in [0.3, 0.4) is 0 Å². The van der Waals surface area contributed by atoms with Gasteiger partial charge in [-0.2, -0.15) is 0 Å². The molecule has 0 amide bonds. The van der Waals surface area contributed by atoms with Gasteiger partial charge in [0.05, 0.1) is 5.48 Å². The van der Waals surface area contributed by atoms with E-state index in [-0.39, 0.29) is 51.2 Å². The molecular weight excluding hydrogens is 1710 g/mol. The lowest BCUT2D eigenvalue weighted by atomic mass is 9.77. The predicted molar refractivity (Wildman–Crippen MR) is 598 cm³/mol. The molecule has 0 atom stereocenters. The normalized spacial score (nSPS) is 12.4. The van der Waals surface area contributed by atoms with Crippen LogP contribution in [0.1, 0.15) is 143 Å². The van der Waals surface area contributed by atoms with Crippen LogP contribution >= 0.6 is 56.7 Å². The molecule has 0 saturated heterocycles. The summed E-state index contributed by atoms with van der Waals surface area (Å²) in [6.45, 7) is 35.8. The van der Waals surface area contributed by atoms with Crippen LogP contribution in [0.25, 0.3) is 190 Å². The molecule has 0 aliphatic heterocycles. The van der Waals surface area contributed by atoms with Crippen molar-refractivity contribution in [2.75, 3.05) is 0 Å². The minimum Gasteiger partial charge on any atom is -0.135 e. The van der Waals surface area contributed by atoms with Crippen LogP contribution in [0.15, 0.2) is 400 Å². The summed E-state index contributed by atoms with van der Waals surface area (Å²) in [6.07, 6.45) is 0. The maximum atomic E-state index is 8.77. The van der Waals surface area contributed by atoms with Crippen molar-refractivity contribution in [3.63, 3.8) is 0 Å². The lowest BCUT2D eigenvalue weighted by Gasteiger charge is -2.27. The van der Waals surface area contributed by atoms with Crippen molar-refractivity contribution in [1.82, 2.24) is 0 Å². The van der Waals surface area contributed by atoms with Gasteiger partial charge in [-0.05, 0) is 193 Å². The van der Waals surface area contributed by atoms with Crippen molar-refractivity contribution >= 4 is 158 Å². The topological polar surface area (TPSA) is 0 Å². The van der Waals surface area contributed by atoms with Gasteiger partial charge in [0.15, 0.2) is 0 Å². The number of hydrogen-bond donors (Lipinski definition) is 0. The Bertz CT molecular complexity index is 8490. The van der Waals surface area contributed by atoms with Crippen molar-refractivity contribution < 1.29 is 5.48 Å². The number of hydrogen-bond acceptors (Lipinski definition) is 5. The van der Waals surface area contributed by atoms with Crippen molar-refractivity contribution in [2.45, 2.75) is 138 Å². The Labute approximate surface area is 816 Å². The van der Waals surface area contributed by atoms with Crippen molar-refractivity contribution in [1.29, 1.82) is 0 Å². The summed E-state index contributed by atoms with van der Waals surface area (Å²) in [5.74, 6) is 0. The molecule has 5 aromatic heterocycles. The van der Waals surface area contributed by atoms with E-state index in [2.05, 4.69) is 468 Å². The Balaban J connectivity index is 0.000000111. The average molecular weight is 1830 g/mol. The molecule has 0 nitrogen and oxygen atoms in total. The molecule has 5 heterocycles. The molecule has 0 fully saturated rings. The first-order valence-electron chi connectivity index (χ1n) is 48.6. The minimum atomic E-state index is -0.278. The van der Waals surface area contributed by atoms with Gasteiger partial charge in [-0.1, -0.05) is 467 Å². The summed E-state index contributed by atoms with van der Waals surface area (Å²) >= 11 is 9.36. The third kappa shape index (κ3) is 17.9. The summed E-state index contributed by atoms with van der Waals surface area (Å²) in [7, 11) is 0. The Morgan fingerprint density at radius 3 is 0.806 bits per heavy atom. The van der Waals surface area contributed by atoms with E-state index in [1.165, 1.54) is 190 Å². The highest BCUT2D eigenvalue weighted by molar-refractivity contribution is 7.28. The Morgan fingerprint density at radius 1 is 0.187 bits per heavy atom. The van der Waals surface area contributed by atoms with E-state index < -0.39 is 0 Å². The molecule has 18 aromatic carbocycles. The predicted octanol–water partition coefficient (Wildman–Crippen LogP) is 40.4. The monoisotopic (exact) mass is 1830 g/mol. The molecule has 0 saturated carbocycles. The molecule has 0 bridgehead atoms. The number of thiophene rings is 5. The number of benzene rings is 18. The van der Waals surface area contributed by atoms with E-state index in [4.69, 9.17) is 5.48 Å². The van der Waals surface area contributed by atoms with Crippen molar-refractivity contribution in [2.24, 2.45) is 0 Å². The Kier molecular flexibility index (Phi) is 23.6. The van der Waals surface area contributed by atoms with Gasteiger partial charge in [0, 0.05) is 101 Å². The van der Waals surface area contributed by atoms with Crippen LogP contribution in [0.5, 0.6) is 0 Å². The smallest absolute Gasteiger partial charge is 0.0632 e. The highest BCUT2D eigenvalue weighted by Crippen LogP contribution is 2.52. The van der Waals surface area contributed by atoms with Gasteiger partial charge >= 0.3 is 0 Å². The van der Waals surface area contributed by atoms with E-state index in [0.717, 1.165) is 22.3 Å². The molecule has 0 spiro atoms. The lowest BCUT2D eigenvalue weighted by Crippen LogP contribution is -2.14. The first-order valence-corrected chi connectivity index (χ1v) is 50.7. The fraction of sp³-hybridized carbons (Fsp3) is 0.163. The van der Waals surface area contributed by atoms with Gasteiger partial charge in [0.2, 0.25) is 0 Å². The summed E-state index contributed by atoms with van der Waals surface area (Å²) in [5, 5.41) is 13.4. The third-order valence-corrected chi connectivity index (χ3v) is 31.5. The van der Waals surface area contributed by atoms with Crippen LogP contribution in [0.2, 0.25) is 0 Å². The highest BCUT2D eigenvalue weighted by Gasteiger charge is 2.30. The molecule has 23 rings (SSSR count).